The van der Waals surface area contributed by atoms with Crippen LogP contribution in [0.3, 0.4) is 0 Å². The third-order valence-corrected chi connectivity index (χ3v) is 3.61. The van der Waals surface area contributed by atoms with Gasteiger partial charge in [0.25, 0.3) is 0 Å². The van der Waals surface area contributed by atoms with Crippen LogP contribution in [0.4, 0.5) is 0 Å². The van der Waals surface area contributed by atoms with E-state index in [4.69, 9.17) is 12.2 Å². The summed E-state index contributed by atoms with van der Waals surface area (Å²) in [5.74, 6) is 1.32. The predicted octanol–water partition coefficient (Wildman–Crippen LogP) is 4.30. The standard InChI is InChI=1S/C12H14N2S2/c1-7(2)11-13-10(8(3)12(15)14-11)9-4-5-16-6-9/h4-7H,1-3H3,(H,13,14,15). The quantitative estimate of drug-likeness (QED) is 0.805. The van der Waals surface area contributed by atoms with Gasteiger partial charge in [0.1, 0.15) is 10.5 Å². The SMILES string of the molecule is Cc1c(-c2ccsc2)[nH]c(C(C)C)nc1=S. The fourth-order valence-electron chi connectivity index (χ4n) is 1.52. The first kappa shape index (κ1) is 11.5. The third-order valence-electron chi connectivity index (χ3n) is 2.53. The largest absolute Gasteiger partial charge is 0.343 e. The molecular formula is C12H14N2S2. The van der Waals surface area contributed by atoms with Crippen LogP contribution in [0.5, 0.6) is 0 Å². The third kappa shape index (κ3) is 2.08. The summed E-state index contributed by atoms with van der Waals surface area (Å²) in [6.45, 7) is 6.24. The van der Waals surface area contributed by atoms with Crippen molar-refractivity contribution in [3.63, 3.8) is 0 Å². The normalized spacial score (nSPS) is 11.0. The molecule has 0 aliphatic carbocycles. The summed E-state index contributed by atoms with van der Waals surface area (Å²) >= 11 is 6.98. The van der Waals surface area contributed by atoms with Gasteiger partial charge in [-0.2, -0.15) is 11.3 Å². The molecule has 0 aromatic carbocycles. The van der Waals surface area contributed by atoms with Crippen molar-refractivity contribution in [2.24, 2.45) is 0 Å². The summed E-state index contributed by atoms with van der Waals surface area (Å²) in [6, 6.07) is 2.10. The van der Waals surface area contributed by atoms with Gasteiger partial charge in [0.15, 0.2) is 0 Å². The van der Waals surface area contributed by atoms with E-state index in [1.165, 1.54) is 5.56 Å². The molecule has 0 saturated heterocycles. The van der Waals surface area contributed by atoms with Crippen molar-refractivity contribution < 1.29 is 0 Å². The summed E-state index contributed by atoms with van der Waals surface area (Å²) in [6.07, 6.45) is 0. The van der Waals surface area contributed by atoms with E-state index >= 15 is 0 Å². The zero-order chi connectivity index (χ0) is 11.7. The Morgan fingerprint density at radius 2 is 2.19 bits per heavy atom. The van der Waals surface area contributed by atoms with Crippen molar-refractivity contribution in [1.29, 1.82) is 0 Å². The van der Waals surface area contributed by atoms with Crippen molar-refractivity contribution in [2.75, 3.05) is 0 Å². The van der Waals surface area contributed by atoms with Gasteiger partial charge in [0, 0.05) is 22.4 Å². The minimum Gasteiger partial charge on any atom is -0.343 e. The molecule has 2 heterocycles. The monoisotopic (exact) mass is 250 g/mol. The lowest BCUT2D eigenvalue weighted by molar-refractivity contribution is 0.770. The van der Waals surface area contributed by atoms with Crippen LogP contribution in [0.15, 0.2) is 16.8 Å². The van der Waals surface area contributed by atoms with E-state index in [-0.39, 0.29) is 0 Å². The lowest BCUT2D eigenvalue weighted by atomic mass is 10.1. The van der Waals surface area contributed by atoms with Crippen LogP contribution < -0.4 is 0 Å². The topological polar surface area (TPSA) is 28.7 Å². The average Bonchev–Trinajstić information content (AvgIpc) is 2.74. The van der Waals surface area contributed by atoms with Crippen LogP contribution in [0.2, 0.25) is 0 Å². The van der Waals surface area contributed by atoms with Crippen molar-refractivity contribution in [3.05, 3.63) is 32.9 Å². The highest BCUT2D eigenvalue weighted by Crippen LogP contribution is 2.25. The Bertz CT molecular complexity index is 539. The van der Waals surface area contributed by atoms with Gasteiger partial charge in [-0.05, 0) is 18.4 Å². The number of thiophene rings is 1. The van der Waals surface area contributed by atoms with E-state index in [9.17, 15) is 0 Å². The Morgan fingerprint density at radius 3 is 2.75 bits per heavy atom. The second-order valence-electron chi connectivity index (χ2n) is 4.09. The Hall–Kier alpha value is -1.00. The Labute approximate surface area is 104 Å². The maximum Gasteiger partial charge on any atom is 0.133 e. The summed E-state index contributed by atoms with van der Waals surface area (Å²) in [5.41, 5.74) is 3.35. The lowest BCUT2D eigenvalue weighted by Gasteiger charge is -2.10. The van der Waals surface area contributed by atoms with Crippen LogP contribution in [-0.2, 0) is 0 Å². The molecule has 0 spiro atoms. The molecule has 16 heavy (non-hydrogen) atoms. The van der Waals surface area contributed by atoms with E-state index in [1.54, 1.807) is 11.3 Å². The predicted molar refractivity (Wildman–Crippen MR) is 71.6 cm³/mol. The van der Waals surface area contributed by atoms with E-state index < -0.39 is 0 Å². The molecule has 2 rings (SSSR count). The second-order valence-corrected chi connectivity index (χ2v) is 5.26. The summed E-state index contributed by atoms with van der Waals surface area (Å²) in [7, 11) is 0. The van der Waals surface area contributed by atoms with E-state index in [0.717, 1.165) is 17.1 Å². The number of H-pyrrole nitrogens is 1. The molecule has 4 heteroatoms. The molecule has 0 saturated carbocycles. The minimum atomic E-state index is 0.361. The molecule has 0 aliphatic rings. The molecule has 2 aromatic heterocycles. The first-order valence-corrected chi connectivity index (χ1v) is 6.58. The van der Waals surface area contributed by atoms with E-state index in [2.05, 4.69) is 40.6 Å². The molecule has 2 nitrogen and oxygen atoms in total. The van der Waals surface area contributed by atoms with Gasteiger partial charge in [-0.3, -0.25) is 0 Å². The van der Waals surface area contributed by atoms with Crippen molar-refractivity contribution >= 4 is 23.6 Å². The number of hydrogen-bond acceptors (Lipinski definition) is 3. The molecule has 1 N–H and O–H groups in total. The molecule has 0 amide bonds. The van der Waals surface area contributed by atoms with Crippen molar-refractivity contribution in [1.82, 2.24) is 9.97 Å². The van der Waals surface area contributed by atoms with Gasteiger partial charge in [-0.1, -0.05) is 26.1 Å². The second kappa shape index (κ2) is 4.47. The fraction of sp³-hybridized carbons (Fsp3) is 0.333. The fourth-order valence-corrected chi connectivity index (χ4v) is 2.37. The Balaban J connectivity index is 2.65. The first-order chi connectivity index (χ1) is 7.59. The number of nitrogens with one attached hydrogen (secondary N) is 1. The Kier molecular flexibility index (Phi) is 3.21. The van der Waals surface area contributed by atoms with Gasteiger partial charge in [-0.15, -0.1) is 0 Å². The molecule has 0 fully saturated rings. The molecule has 0 bridgehead atoms. The number of aromatic nitrogens is 2. The van der Waals surface area contributed by atoms with Crippen molar-refractivity contribution in [3.8, 4) is 11.3 Å². The van der Waals surface area contributed by atoms with Crippen LogP contribution in [0.25, 0.3) is 11.3 Å². The lowest BCUT2D eigenvalue weighted by Crippen LogP contribution is -2.01. The maximum absolute atomic E-state index is 5.29. The van der Waals surface area contributed by atoms with E-state index in [0.29, 0.717) is 10.6 Å². The smallest absolute Gasteiger partial charge is 0.133 e. The molecule has 2 aromatic rings. The molecule has 0 unspecified atom stereocenters. The van der Waals surface area contributed by atoms with Crippen molar-refractivity contribution in [2.45, 2.75) is 26.7 Å². The van der Waals surface area contributed by atoms with Crippen LogP contribution >= 0.6 is 23.6 Å². The van der Waals surface area contributed by atoms with Crippen LogP contribution in [0.1, 0.15) is 31.2 Å². The Morgan fingerprint density at radius 1 is 1.44 bits per heavy atom. The van der Waals surface area contributed by atoms with Crippen LogP contribution in [0, 0.1) is 11.6 Å². The summed E-state index contributed by atoms with van der Waals surface area (Å²) < 4.78 is 0.698. The van der Waals surface area contributed by atoms with Gasteiger partial charge >= 0.3 is 0 Å². The van der Waals surface area contributed by atoms with Gasteiger partial charge in [0.2, 0.25) is 0 Å². The van der Waals surface area contributed by atoms with E-state index in [1.807, 2.05) is 6.92 Å². The molecule has 0 radical (unpaired) electrons. The summed E-state index contributed by atoms with van der Waals surface area (Å²) in [5, 5.41) is 4.19. The molecule has 0 aliphatic heterocycles. The molecule has 0 atom stereocenters. The van der Waals surface area contributed by atoms with Crippen LogP contribution in [-0.4, -0.2) is 9.97 Å². The maximum atomic E-state index is 5.29. The highest BCUT2D eigenvalue weighted by atomic mass is 32.1. The minimum absolute atomic E-state index is 0.361. The van der Waals surface area contributed by atoms with Gasteiger partial charge in [0.05, 0.1) is 5.69 Å². The average molecular weight is 250 g/mol. The van der Waals surface area contributed by atoms with Gasteiger partial charge < -0.3 is 4.98 Å². The number of hydrogen-bond donors (Lipinski definition) is 1. The zero-order valence-corrected chi connectivity index (χ0v) is 11.2. The molecular weight excluding hydrogens is 236 g/mol. The number of nitrogens with zero attached hydrogens (tertiary/aromatic N) is 1. The number of aromatic amines is 1. The van der Waals surface area contributed by atoms with Gasteiger partial charge in [-0.25, -0.2) is 4.98 Å². The molecule has 84 valence electrons. The highest BCUT2D eigenvalue weighted by Gasteiger charge is 2.09. The summed E-state index contributed by atoms with van der Waals surface area (Å²) in [4.78, 5) is 7.79. The first-order valence-electron chi connectivity index (χ1n) is 5.23. The zero-order valence-electron chi connectivity index (χ0n) is 9.57. The number of rotatable bonds is 2. The highest BCUT2D eigenvalue weighted by molar-refractivity contribution is 7.71.